The Morgan fingerprint density at radius 2 is 1.94 bits per heavy atom. The summed E-state index contributed by atoms with van der Waals surface area (Å²) in [6.07, 6.45) is 5.30. The van der Waals surface area contributed by atoms with E-state index in [1.807, 2.05) is 0 Å². The Hall–Kier alpha value is -1.10. The van der Waals surface area contributed by atoms with Crippen LogP contribution in [0, 0.1) is 0 Å². The molecule has 1 spiro atoms. The lowest BCUT2D eigenvalue weighted by Gasteiger charge is -2.19. The molecule has 5 nitrogen and oxygen atoms in total. The van der Waals surface area contributed by atoms with Gasteiger partial charge in [0.2, 0.25) is 0 Å². The van der Waals surface area contributed by atoms with Gasteiger partial charge in [0.05, 0.1) is 0 Å². The Balaban J connectivity index is 1.99. The molecule has 5 heteroatoms. The molecule has 2 fully saturated rings. The number of carbonyl (C=O) groups excluding carboxylic acids is 2. The number of nitrogens with two attached hydrogens (primary N) is 1. The first kappa shape index (κ1) is 11.4. The lowest BCUT2D eigenvalue weighted by Crippen LogP contribution is -2.44. The molecule has 3 N–H and O–H groups in total. The number of carbonyl (C=O) groups is 2. The molecular weight excluding hydrogens is 206 g/mol. The molecule has 3 amide bonds. The smallest absolute Gasteiger partial charge is 0.325 e. The molecule has 16 heavy (non-hydrogen) atoms. The van der Waals surface area contributed by atoms with E-state index in [2.05, 4.69) is 5.32 Å². The molecule has 0 unspecified atom stereocenters. The zero-order chi connectivity index (χ0) is 11.6. The van der Waals surface area contributed by atoms with Crippen LogP contribution >= 0.6 is 0 Å². The first-order valence-electron chi connectivity index (χ1n) is 6.04. The molecule has 1 aliphatic carbocycles. The van der Waals surface area contributed by atoms with Crippen LogP contribution in [0.5, 0.6) is 0 Å². The minimum Gasteiger partial charge on any atom is -0.330 e. The molecule has 1 saturated carbocycles. The highest BCUT2D eigenvalue weighted by Crippen LogP contribution is 2.34. The minimum absolute atomic E-state index is 0.0213. The summed E-state index contributed by atoms with van der Waals surface area (Å²) in [5, 5.41) is 2.86. The standard InChI is InChI=1S/C11H19N3O2/c12-7-3-4-8-14-9(15)11(13-10(14)16)5-1-2-6-11/h1-8,12H2,(H,13,16). The van der Waals surface area contributed by atoms with Crippen LogP contribution in [0.1, 0.15) is 38.5 Å². The monoisotopic (exact) mass is 225 g/mol. The van der Waals surface area contributed by atoms with Crippen LogP contribution in [-0.4, -0.2) is 35.5 Å². The summed E-state index contributed by atoms with van der Waals surface area (Å²) < 4.78 is 0. The Bertz CT molecular complexity index is 298. The largest absolute Gasteiger partial charge is 0.330 e. The summed E-state index contributed by atoms with van der Waals surface area (Å²) in [5.41, 5.74) is 4.84. The fourth-order valence-corrected chi connectivity index (χ4v) is 2.61. The number of nitrogens with one attached hydrogen (secondary N) is 1. The van der Waals surface area contributed by atoms with Gasteiger partial charge in [-0.05, 0) is 32.2 Å². The van der Waals surface area contributed by atoms with Gasteiger partial charge in [0.25, 0.3) is 5.91 Å². The van der Waals surface area contributed by atoms with Gasteiger partial charge in [-0.3, -0.25) is 9.69 Å². The van der Waals surface area contributed by atoms with E-state index >= 15 is 0 Å². The molecule has 2 aliphatic rings. The van der Waals surface area contributed by atoms with Crippen LogP contribution in [-0.2, 0) is 4.79 Å². The highest BCUT2D eigenvalue weighted by molar-refractivity contribution is 6.07. The van der Waals surface area contributed by atoms with E-state index in [1.165, 1.54) is 4.90 Å². The number of rotatable bonds is 4. The van der Waals surface area contributed by atoms with Crippen LogP contribution in [0.25, 0.3) is 0 Å². The molecule has 90 valence electrons. The predicted molar refractivity (Wildman–Crippen MR) is 59.7 cm³/mol. The van der Waals surface area contributed by atoms with Crippen molar-refractivity contribution >= 4 is 11.9 Å². The van der Waals surface area contributed by atoms with Crippen molar-refractivity contribution in [1.29, 1.82) is 0 Å². The molecule has 0 aromatic rings. The first-order valence-corrected chi connectivity index (χ1v) is 6.04. The highest BCUT2D eigenvalue weighted by Gasteiger charge is 2.51. The summed E-state index contributed by atoms with van der Waals surface area (Å²) in [6, 6.07) is -0.219. The second-order valence-corrected chi connectivity index (χ2v) is 4.67. The zero-order valence-electron chi connectivity index (χ0n) is 9.50. The Morgan fingerprint density at radius 1 is 1.25 bits per heavy atom. The van der Waals surface area contributed by atoms with E-state index < -0.39 is 5.54 Å². The fourth-order valence-electron chi connectivity index (χ4n) is 2.61. The average molecular weight is 225 g/mol. The quantitative estimate of drug-likeness (QED) is 0.543. The van der Waals surface area contributed by atoms with Crippen molar-refractivity contribution in [3.63, 3.8) is 0 Å². The summed E-state index contributed by atoms with van der Waals surface area (Å²) in [7, 11) is 0. The van der Waals surface area contributed by atoms with Crippen molar-refractivity contribution in [3.05, 3.63) is 0 Å². The molecule has 1 heterocycles. The summed E-state index contributed by atoms with van der Waals surface area (Å²) in [4.78, 5) is 25.2. The van der Waals surface area contributed by atoms with Gasteiger partial charge in [-0.2, -0.15) is 0 Å². The lowest BCUT2D eigenvalue weighted by molar-refractivity contribution is -0.131. The summed E-state index contributed by atoms with van der Waals surface area (Å²) in [5.74, 6) is -0.0213. The molecule has 0 aromatic heterocycles. The maximum absolute atomic E-state index is 12.1. The van der Waals surface area contributed by atoms with Crippen LogP contribution in [0.2, 0.25) is 0 Å². The second kappa shape index (κ2) is 4.41. The fraction of sp³-hybridized carbons (Fsp3) is 0.818. The van der Waals surface area contributed by atoms with Crippen molar-refractivity contribution in [2.45, 2.75) is 44.1 Å². The molecule has 0 atom stereocenters. The zero-order valence-corrected chi connectivity index (χ0v) is 9.50. The van der Waals surface area contributed by atoms with Gasteiger partial charge in [-0.25, -0.2) is 4.79 Å². The molecular formula is C11H19N3O2. The maximum atomic E-state index is 12.1. The van der Waals surface area contributed by atoms with E-state index in [1.54, 1.807) is 0 Å². The Kier molecular flexibility index (Phi) is 3.14. The van der Waals surface area contributed by atoms with Crippen molar-refractivity contribution in [2.75, 3.05) is 13.1 Å². The van der Waals surface area contributed by atoms with Gasteiger partial charge in [0.1, 0.15) is 5.54 Å². The SMILES string of the molecule is NCCCCN1C(=O)NC2(CCCC2)C1=O. The molecule has 2 rings (SSSR count). The number of nitrogens with zero attached hydrogens (tertiary/aromatic N) is 1. The van der Waals surface area contributed by atoms with E-state index in [0.29, 0.717) is 13.1 Å². The number of imide groups is 1. The molecule has 0 radical (unpaired) electrons. The normalized spacial score (nSPS) is 23.2. The molecule has 0 bridgehead atoms. The maximum Gasteiger partial charge on any atom is 0.325 e. The Labute approximate surface area is 95.3 Å². The van der Waals surface area contributed by atoms with Gasteiger partial charge in [0, 0.05) is 6.54 Å². The van der Waals surface area contributed by atoms with E-state index in [-0.39, 0.29) is 11.9 Å². The predicted octanol–water partition coefficient (Wildman–Crippen LogP) is 0.590. The van der Waals surface area contributed by atoms with Crippen LogP contribution in [0.15, 0.2) is 0 Å². The minimum atomic E-state index is -0.556. The highest BCUT2D eigenvalue weighted by atomic mass is 16.2. The van der Waals surface area contributed by atoms with Gasteiger partial charge < -0.3 is 11.1 Å². The van der Waals surface area contributed by atoms with Gasteiger partial charge in [-0.15, -0.1) is 0 Å². The van der Waals surface area contributed by atoms with E-state index in [0.717, 1.165) is 38.5 Å². The van der Waals surface area contributed by atoms with Gasteiger partial charge in [-0.1, -0.05) is 12.8 Å². The molecule has 1 saturated heterocycles. The van der Waals surface area contributed by atoms with Gasteiger partial charge >= 0.3 is 6.03 Å². The third-order valence-corrected chi connectivity index (χ3v) is 3.54. The van der Waals surface area contributed by atoms with Crippen LogP contribution in [0.3, 0.4) is 0 Å². The summed E-state index contributed by atoms with van der Waals surface area (Å²) >= 11 is 0. The summed E-state index contributed by atoms with van der Waals surface area (Å²) in [6.45, 7) is 1.11. The number of hydrogen-bond acceptors (Lipinski definition) is 3. The van der Waals surface area contributed by atoms with Crippen molar-refractivity contribution in [3.8, 4) is 0 Å². The topological polar surface area (TPSA) is 75.4 Å². The number of unbranched alkanes of at least 4 members (excludes halogenated alkanes) is 1. The first-order chi connectivity index (χ1) is 7.69. The average Bonchev–Trinajstić information content (AvgIpc) is 2.80. The van der Waals surface area contributed by atoms with Crippen molar-refractivity contribution < 1.29 is 9.59 Å². The van der Waals surface area contributed by atoms with Crippen LogP contribution < -0.4 is 11.1 Å². The molecule has 0 aromatic carbocycles. The molecule has 1 aliphatic heterocycles. The van der Waals surface area contributed by atoms with Crippen molar-refractivity contribution in [2.24, 2.45) is 5.73 Å². The number of urea groups is 1. The third kappa shape index (κ3) is 1.80. The van der Waals surface area contributed by atoms with E-state index in [4.69, 9.17) is 5.73 Å². The van der Waals surface area contributed by atoms with E-state index in [9.17, 15) is 9.59 Å². The number of amides is 3. The number of hydrogen-bond donors (Lipinski definition) is 2. The Morgan fingerprint density at radius 3 is 2.56 bits per heavy atom. The lowest BCUT2D eigenvalue weighted by atomic mass is 9.98. The second-order valence-electron chi connectivity index (χ2n) is 4.67. The third-order valence-electron chi connectivity index (χ3n) is 3.54. The van der Waals surface area contributed by atoms with Gasteiger partial charge in [0.15, 0.2) is 0 Å². The van der Waals surface area contributed by atoms with Crippen LogP contribution in [0.4, 0.5) is 4.79 Å². The van der Waals surface area contributed by atoms with Crippen molar-refractivity contribution in [1.82, 2.24) is 10.2 Å².